The summed E-state index contributed by atoms with van der Waals surface area (Å²) in [5, 5.41) is 6.10. The van der Waals surface area contributed by atoms with Crippen molar-refractivity contribution < 1.29 is 17.6 Å². The van der Waals surface area contributed by atoms with E-state index < -0.39 is 17.6 Å². The van der Waals surface area contributed by atoms with Crippen LogP contribution in [0.1, 0.15) is 35.6 Å². The Labute approximate surface area is 196 Å². The monoisotopic (exact) mass is 470 g/mol. The maximum atomic E-state index is 14.5. The van der Waals surface area contributed by atoms with Crippen molar-refractivity contribution in [3.63, 3.8) is 0 Å². The molecule has 3 rings (SSSR count). The van der Waals surface area contributed by atoms with Crippen molar-refractivity contribution >= 4 is 22.9 Å². The molecule has 178 valence electrons. The predicted molar refractivity (Wildman–Crippen MR) is 130 cm³/mol. The summed E-state index contributed by atoms with van der Waals surface area (Å²) < 4.78 is 54.8. The minimum Gasteiger partial charge on any atom is -0.398 e. The SMILES string of the molecule is C=C(NC(=NCc1ccccc1C(F)(F)F)c1ccccc1N)c1cccc(F)c1NCCC. The summed E-state index contributed by atoms with van der Waals surface area (Å²) in [5.74, 6) is -0.212. The van der Waals surface area contributed by atoms with Crippen molar-refractivity contribution in [2.75, 3.05) is 17.6 Å². The second-order valence-electron chi connectivity index (χ2n) is 7.60. The first kappa shape index (κ1) is 24.8. The van der Waals surface area contributed by atoms with Crippen LogP contribution in [-0.4, -0.2) is 12.4 Å². The predicted octanol–water partition coefficient (Wildman–Crippen LogP) is 6.46. The topological polar surface area (TPSA) is 62.4 Å². The number of rotatable bonds is 8. The molecule has 0 spiro atoms. The summed E-state index contributed by atoms with van der Waals surface area (Å²) in [5.41, 5.74) is 7.34. The third-order valence-electron chi connectivity index (χ3n) is 5.11. The number of para-hydroxylation sites is 2. The first-order valence-corrected chi connectivity index (χ1v) is 10.8. The molecule has 0 amide bonds. The third kappa shape index (κ3) is 5.95. The number of nitrogens with two attached hydrogens (primary N) is 1. The number of amidine groups is 1. The molecule has 3 aromatic carbocycles. The lowest BCUT2D eigenvalue weighted by atomic mass is 10.1. The molecule has 0 aromatic heterocycles. The normalized spacial score (nSPS) is 11.9. The van der Waals surface area contributed by atoms with E-state index >= 15 is 0 Å². The highest BCUT2D eigenvalue weighted by molar-refractivity contribution is 6.07. The van der Waals surface area contributed by atoms with Gasteiger partial charge in [0.05, 0.1) is 17.8 Å². The minimum atomic E-state index is -4.50. The zero-order chi connectivity index (χ0) is 24.7. The first-order chi connectivity index (χ1) is 16.2. The highest BCUT2D eigenvalue weighted by Crippen LogP contribution is 2.32. The average Bonchev–Trinajstić information content (AvgIpc) is 2.80. The maximum Gasteiger partial charge on any atom is 0.416 e. The molecule has 0 atom stereocenters. The van der Waals surface area contributed by atoms with Gasteiger partial charge in [0.2, 0.25) is 0 Å². The summed E-state index contributed by atoms with van der Waals surface area (Å²) in [7, 11) is 0. The van der Waals surface area contributed by atoms with Gasteiger partial charge in [-0.1, -0.05) is 56.0 Å². The Morgan fingerprint density at radius 2 is 1.65 bits per heavy atom. The second-order valence-corrected chi connectivity index (χ2v) is 7.60. The standard InChI is InChI=1S/C26H26F4N4/c1-3-15-32-24-19(11-8-13-22(24)27)17(2)34-25(20-10-5-7-14-23(20)31)33-16-18-9-4-6-12-21(18)26(28,29)30/h4-14,32H,2-3,15-16,31H2,1H3,(H,33,34). The Hall–Kier alpha value is -3.81. The van der Waals surface area contributed by atoms with Crippen molar-refractivity contribution in [1.29, 1.82) is 0 Å². The van der Waals surface area contributed by atoms with Gasteiger partial charge in [-0.3, -0.25) is 4.99 Å². The third-order valence-corrected chi connectivity index (χ3v) is 5.11. The van der Waals surface area contributed by atoms with Gasteiger partial charge in [0.15, 0.2) is 0 Å². The summed E-state index contributed by atoms with van der Waals surface area (Å²) in [6.07, 6.45) is -3.71. The number of benzene rings is 3. The van der Waals surface area contributed by atoms with Gasteiger partial charge < -0.3 is 16.4 Å². The highest BCUT2D eigenvalue weighted by atomic mass is 19.4. The van der Waals surface area contributed by atoms with Crippen LogP contribution in [0.2, 0.25) is 0 Å². The van der Waals surface area contributed by atoms with Crippen LogP contribution >= 0.6 is 0 Å². The molecule has 0 saturated heterocycles. The lowest BCUT2D eigenvalue weighted by Gasteiger charge is -2.18. The molecule has 8 heteroatoms. The number of anilines is 2. The molecule has 0 heterocycles. The van der Waals surface area contributed by atoms with E-state index in [1.807, 2.05) is 6.92 Å². The Kier molecular flexibility index (Phi) is 7.94. The maximum absolute atomic E-state index is 14.5. The van der Waals surface area contributed by atoms with E-state index in [9.17, 15) is 17.6 Å². The molecule has 0 aliphatic carbocycles. The molecular weight excluding hydrogens is 444 g/mol. The van der Waals surface area contributed by atoms with Crippen LogP contribution < -0.4 is 16.4 Å². The number of nitrogens with one attached hydrogen (secondary N) is 2. The summed E-state index contributed by atoms with van der Waals surface area (Å²) >= 11 is 0. The summed E-state index contributed by atoms with van der Waals surface area (Å²) in [4.78, 5) is 4.43. The van der Waals surface area contributed by atoms with E-state index in [-0.39, 0.29) is 23.6 Å². The van der Waals surface area contributed by atoms with Crippen LogP contribution in [0.3, 0.4) is 0 Å². The Morgan fingerprint density at radius 1 is 0.971 bits per heavy atom. The van der Waals surface area contributed by atoms with Crippen molar-refractivity contribution in [1.82, 2.24) is 5.32 Å². The lowest BCUT2D eigenvalue weighted by Crippen LogP contribution is -2.25. The molecule has 0 bridgehead atoms. The fourth-order valence-electron chi connectivity index (χ4n) is 3.42. The van der Waals surface area contributed by atoms with Gasteiger partial charge in [-0.2, -0.15) is 13.2 Å². The number of hydrogen-bond donors (Lipinski definition) is 3. The number of aliphatic imine (C=N–C) groups is 1. The number of nitrogens with zero attached hydrogens (tertiary/aromatic N) is 1. The van der Waals surface area contributed by atoms with E-state index in [0.717, 1.165) is 12.5 Å². The molecule has 0 aliphatic heterocycles. The smallest absolute Gasteiger partial charge is 0.398 e. The first-order valence-electron chi connectivity index (χ1n) is 10.8. The van der Waals surface area contributed by atoms with Crippen LogP contribution in [0.15, 0.2) is 78.3 Å². The number of halogens is 4. The second kappa shape index (κ2) is 10.9. The number of nitrogen functional groups attached to an aromatic ring is 1. The number of alkyl halides is 3. The fourth-order valence-corrected chi connectivity index (χ4v) is 3.42. The van der Waals surface area contributed by atoms with Crippen molar-refractivity contribution in [2.45, 2.75) is 26.1 Å². The van der Waals surface area contributed by atoms with Crippen LogP contribution in [-0.2, 0) is 12.7 Å². The molecule has 0 unspecified atom stereocenters. The fraction of sp³-hybridized carbons (Fsp3) is 0.192. The summed E-state index contributed by atoms with van der Waals surface area (Å²) in [6.45, 7) is 6.29. The van der Waals surface area contributed by atoms with Crippen molar-refractivity contribution in [3.05, 3.63) is 101 Å². The van der Waals surface area contributed by atoms with Gasteiger partial charge in [0.25, 0.3) is 0 Å². The molecule has 34 heavy (non-hydrogen) atoms. The highest BCUT2D eigenvalue weighted by Gasteiger charge is 2.32. The Balaban J connectivity index is 1.99. The van der Waals surface area contributed by atoms with Gasteiger partial charge in [0, 0.05) is 29.1 Å². The zero-order valence-corrected chi connectivity index (χ0v) is 18.7. The van der Waals surface area contributed by atoms with E-state index in [1.165, 1.54) is 24.3 Å². The Morgan fingerprint density at radius 3 is 2.35 bits per heavy atom. The summed E-state index contributed by atoms with van der Waals surface area (Å²) in [6, 6.07) is 16.7. The van der Waals surface area contributed by atoms with Crippen LogP contribution in [0.4, 0.5) is 28.9 Å². The average molecular weight is 471 g/mol. The quantitative estimate of drug-likeness (QED) is 0.153. The van der Waals surface area contributed by atoms with Gasteiger partial charge in [-0.15, -0.1) is 0 Å². The minimum absolute atomic E-state index is 0.0190. The van der Waals surface area contributed by atoms with E-state index in [0.29, 0.717) is 29.1 Å². The lowest BCUT2D eigenvalue weighted by molar-refractivity contribution is -0.138. The largest absolute Gasteiger partial charge is 0.416 e. The van der Waals surface area contributed by atoms with Gasteiger partial charge in [0.1, 0.15) is 11.7 Å². The molecular formula is C26H26F4N4. The van der Waals surface area contributed by atoms with Gasteiger partial charge >= 0.3 is 6.18 Å². The van der Waals surface area contributed by atoms with Crippen LogP contribution in [0, 0.1) is 5.82 Å². The van der Waals surface area contributed by atoms with Crippen LogP contribution in [0.25, 0.3) is 5.70 Å². The molecule has 4 N–H and O–H groups in total. The molecule has 0 aliphatic rings. The van der Waals surface area contributed by atoms with E-state index in [4.69, 9.17) is 5.73 Å². The molecule has 0 fully saturated rings. The van der Waals surface area contributed by atoms with Gasteiger partial charge in [-0.25, -0.2) is 4.39 Å². The van der Waals surface area contributed by atoms with Crippen molar-refractivity contribution in [3.8, 4) is 0 Å². The van der Waals surface area contributed by atoms with E-state index in [1.54, 1.807) is 36.4 Å². The number of hydrogen-bond acceptors (Lipinski definition) is 3. The molecule has 0 saturated carbocycles. The van der Waals surface area contributed by atoms with Crippen LogP contribution in [0.5, 0.6) is 0 Å². The Bertz CT molecular complexity index is 1190. The zero-order valence-electron chi connectivity index (χ0n) is 18.7. The molecule has 4 nitrogen and oxygen atoms in total. The van der Waals surface area contributed by atoms with Gasteiger partial charge in [-0.05, 0) is 36.2 Å². The molecule has 3 aromatic rings. The van der Waals surface area contributed by atoms with Crippen molar-refractivity contribution in [2.24, 2.45) is 4.99 Å². The molecule has 0 radical (unpaired) electrons. The van der Waals surface area contributed by atoms with E-state index in [2.05, 4.69) is 22.2 Å².